The number of aromatic hydroxyl groups is 1. The Morgan fingerprint density at radius 1 is 1.02 bits per heavy atom. The normalized spacial score (nSPS) is 20.9. The van der Waals surface area contributed by atoms with E-state index < -0.39 is 30.2 Å². The second-order valence-electron chi connectivity index (χ2n) is 9.53. The standard InChI is InChI=1S/C27H26ClN7O5/c28-26-32-23(29-11-17(15-7-3-1-4-8-15)16-9-5-2-6-10-16)20-24(33-26)35(14-31-20)25-22(38)21(37)18(40-25)13-34-19(36)12-30-27(34)39/h1-10,12,14,17-18,21-22,25,36-38H,11,13H2,(H,30,39)(H,29,32,33)/t18-,21-,22?,25-/m1/s1. The molecule has 6 rings (SSSR count). The average molecular weight is 564 g/mol. The molecule has 1 aliphatic heterocycles. The van der Waals surface area contributed by atoms with Crippen LogP contribution < -0.4 is 11.0 Å². The summed E-state index contributed by atoms with van der Waals surface area (Å²) in [6, 6.07) is 20.2. The van der Waals surface area contributed by atoms with Gasteiger partial charge in [-0.05, 0) is 22.7 Å². The molecule has 40 heavy (non-hydrogen) atoms. The number of benzene rings is 2. The number of aromatic nitrogens is 6. The fourth-order valence-electron chi connectivity index (χ4n) is 5.05. The number of aromatic amines is 1. The third-order valence-electron chi connectivity index (χ3n) is 7.09. The van der Waals surface area contributed by atoms with Gasteiger partial charge in [-0.15, -0.1) is 0 Å². The Labute approximate surface area is 232 Å². The van der Waals surface area contributed by atoms with Gasteiger partial charge in [0, 0.05) is 12.5 Å². The number of ether oxygens (including phenoxy) is 1. The predicted octanol–water partition coefficient (Wildman–Crippen LogP) is 2.24. The molecule has 5 N–H and O–H groups in total. The van der Waals surface area contributed by atoms with Crippen molar-refractivity contribution in [1.82, 2.24) is 29.1 Å². The largest absolute Gasteiger partial charge is 0.493 e. The number of halogens is 1. The van der Waals surface area contributed by atoms with Crippen LogP contribution in [-0.2, 0) is 11.3 Å². The number of fused-ring (bicyclic) bond motifs is 1. The zero-order valence-electron chi connectivity index (χ0n) is 21.0. The van der Waals surface area contributed by atoms with Crippen LogP contribution in [0.25, 0.3) is 11.2 Å². The number of imidazole rings is 2. The van der Waals surface area contributed by atoms with E-state index in [4.69, 9.17) is 16.3 Å². The van der Waals surface area contributed by atoms with Gasteiger partial charge in [0.2, 0.25) is 11.2 Å². The van der Waals surface area contributed by atoms with Gasteiger partial charge in [-0.3, -0.25) is 9.13 Å². The maximum Gasteiger partial charge on any atom is 0.328 e. The zero-order chi connectivity index (χ0) is 27.8. The number of nitrogens with zero attached hydrogens (tertiary/aromatic N) is 5. The molecule has 2 aromatic carbocycles. The average Bonchev–Trinajstić information content (AvgIpc) is 3.61. The second kappa shape index (κ2) is 10.7. The molecule has 1 unspecified atom stereocenters. The van der Waals surface area contributed by atoms with Gasteiger partial charge in [0.1, 0.15) is 18.3 Å². The Hall–Kier alpha value is -4.23. The first-order valence-electron chi connectivity index (χ1n) is 12.6. The van der Waals surface area contributed by atoms with Crippen molar-refractivity contribution in [3.8, 4) is 5.88 Å². The van der Waals surface area contributed by atoms with Crippen molar-refractivity contribution in [3.63, 3.8) is 0 Å². The summed E-state index contributed by atoms with van der Waals surface area (Å²) in [5.74, 6) is 0.0998. The minimum atomic E-state index is -1.37. The molecule has 0 bridgehead atoms. The van der Waals surface area contributed by atoms with E-state index in [-0.39, 0.29) is 29.3 Å². The molecule has 12 nitrogen and oxygen atoms in total. The number of nitrogens with one attached hydrogen (secondary N) is 2. The molecule has 0 radical (unpaired) electrons. The SMILES string of the molecule is O=c1[nH]cc(O)n1C[C@H]1O[C@@H](n2cnc3c(NCC(c4ccccc4)c4ccccc4)nc(Cl)nc32)C(O)[C@@H]1O. The minimum absolute atomic E-state index is 0.0115. The van der Waals surface area contributed by atoms with E-state index in [0.717, 1.165) is 21.9 Å². The molecule has 0 saturated carbocycles. The van der Waals surface area contributed by atoms with Crippen molar-refractivity contribution in [2.75, 3.05) is 11.9 Å². The number of H-pyrrole nitrogens is 1. The highest BCUT2D eigenvalue weighted by Gasteiger charge is 2.45. The number of rotatable bonds is 8. The second-order valence-corrected chi connectivity index (χ2v) is 9.87. The summed E-state index contributed by atoms with van der Waals surface area (Å²) < 4.78 is 8.40. The van der Waals surface area contributed by atoms with Crippen molar-refractivity contribution in [1.29, 1.82) is 0 Å². The lowest BCUT2D eigenvalue weighted by atomic mass is 9.91. The highest BCUT2D eigenvalue weighted by atomic mass is 35.5. The lowest BCUT2D eigenvalue weighted by Crippen LogP contribution is -2.35. The van der Waals surface area contributed by atoms with Crippen molar-refractivity contribution < 1.29 is 20.1 Å². The van der Waals surface area contributed by atoms with Crippen LogP contribution in [0.2, 0.25) is 5.28 Å². The number of anilines is 1. The van der Waals surface area contributed by atoms with Crippen molar-refractivity contribution in [2.24, 2.45) is 0 Å². The lowest BCUT2D eigenvalue weighted by molar-refractivity contribution is -0.0399. The van der Waals surface area contributed by atoms with Crippen LogP contribution in [0.4, 0.5) is 5.82 Å². The third-order valence-corrected chi connectivity index (χ3v) is 7.26. The molecule has 4 atom stereocenters. The Morgan fingerprint density at radius 2 is 1.70 bits per heavy atom. The van der Waals surface area contributed by atoms with Crippen LogP contribution in [0.15, 0.2) is 78.0 Å². The van der Waals surface area contributed by atoms with E-state index in [1.54, 1.807) is 0 Å². The fourth-order valence-corrected chi connectivity index (χ4v) is 5.21. The molecular weight excluding hydrogens is 538 g/mol. The van der Waals surface area contributed by atoms with E-state index in [2.05, 4.69) is 49.5 Å². The molecular formula is C27H26ClN7O5. The van der Waals surface area contributed by atoms with Crippen molar-refractivity contribution >= 4 is 28.6 Å². The summed E-state index contributed by atoms with van der Waals surface area (Å²) >= 11 is 6.31. The number of aliphatic hydroxyl groups excluding tert-OH is 2. The van der Waals surface area contributed by atoms with Crippen LogP contribution >= 0.6 is 11.6 Å². The van der Waals surface area contributed by atoms with Gasteiger partial charge in [-0.2, -0.15) is 9.97 Å². The quantitative estimate of drug-likeness (QED) is 0.178. The number of hydrogen-bond acceptors (Lipinski definition) is 9. The summed E-state index contributed by atoms with van der Waals surface area (Å²) in [7, 11) is 0. The van der Waals surface area contributed by atoms with E-state index in [0.29, 0.717) is 17.9 Å². The van der Waals surface area contributed by atoms with Crippen molar-refractivity contribution in [3.05, 3.63) is 100 Å². The molecule has 13 heteroatoms. The molecule has 0 aliphatic carbocycles. The van der Waals surface area contributed by atoms with Gasteiger partial charge in [0.15, 0.2) is 23.2 Å². The van der Waals surface area contributed by atoms with Gasteiger partial charge in [0.25, 0.3) is 0 Å². The van der Waals surface area contributed by atoms with Crippen LogP contribution in [0.1, 0.15) is 23.3 Å². The number of hydrogen-bond donors (Lipinski definition) is 5. The third kappa shape index (κ3) is 4.82. The first-order chi connectivity index (χ1) is 19.4. The monoisotopic (exact) mass is 563 g/mol. The summed E-state index contributed by atoms with van der Waals surface area (Å²) in [5.41, 5.74) is 2.37. The molecule has 1 aliphatic rings. The Morgan fingerprint density at radius 3 is 2.33 bits per heavy atom. The number of aliphatic hydroxyl groups is 2. The molecule has 1 fully saturated rings. The summed E-state index contributed by atoms with van der Waals surface area (Å²) in [6.07, 6.45) is -2.24. The van der Waals surface area contributed by atoms with Gasteiger partial charge >= 0.3 is 5.69 Å². The van der Waals surface area contributed by atoms with Gasteiger partial charge in [-0.1, -0.05) is 60.7 Å². The predicted molar refractivity (Wildman–Crippen MR) is 146 cm³/mol. The summed E-state index contributed by atoms with van der Waals surface area (Å²) in [5, 5.41) is 34.7. The topological polar surface area (TPSA) is 163 Å². The first-order valence-corrected chi connectivity index (χ1v) is 13.0. The minimum Gasteiger partial charge on any atom is -0.493 e. The van der Waals surface area contributed by atoms with Gasteiger partial charge in [0.05, 0.1) is 19.1 Å². The smallest absolute Gasteiger partial charge is 0.328 e. The van der Waals surface area contributed by atoms with Crippen LogP contribution in [-0.4, -0.2) is 69.2 Å². The Balaban J connectivity index is 1.28. The fraction of sp³-hybridized carbons (Fsp3) is 0.259. The van der Waals surface area contributed by atoms with Gasteiger partial charge < -0.3 is 30.4 Å². The van der Waals surface area contributed by atoms with E-state index >= 15 is 0 Å². The van der Waals surface area contributed by atoms with E-state index in [1.165, 1.54) is 10.9 Å². The molecule has 5 aromatic rings. The highest BCUT2D eigenvalue weighted by Crippen LogP contribution is 2.34. The van der Waals surface area contributed by atoms with Crippen LogP contribution in [0.5, 0.6) is 5.88 Å². The molecule has 4 heterocycles. The highest BCUT2D eigenvalue weighted by molar-refractivity contribution is 6.28. The zero-order valence-corrected chi connectivity index (χ0v) is 21.8. The van der Waals surface area contributed by atoms with Crippen LogP contribution in [0, 0.1) is 0 Å². The van der Waals surface area contributed by atoms with E-state index in [9.17, 15) is 20.1 Å². The molecule has 1 saturated heterocycles. The maximum atomic E-state index is 12.0. The molecule has 206 valence electrons. The van der Waals surface area contributed by atoms with E-state index in [1.807, 2.05) is 36.4 Å². The Kier molecular flexibility index (Phi) is 6.98. The molecule has 3 aromatic heterocycles. The van der Waals surface area contributed by atoms with Crippen LogP contribution in [0.3, 0.4) is 0 Å². The lowest BCUT2D eigenvalue weighted by Gasteiger charge is -2.19. The summed E-state index contributed by atoms with van der Waals surface area (Å²) in [6.45, 7) is 0.306. The first kappa shape index (κ1) is 26.0. The molecule has 0 amide bonds. The summed E-state index contributed by atoms with van der Waals surface area (Å²) in [4.78, 5) is 27.5. The maximum absolute atomic E-state index is 12.0. The molecule has 0 spiro atoms. The Bertz CT molecular complexity index is 1630. The van der Waals surface area contributed by atoms with Gasteiger partial charge in [-0.25, -0.2) is 9.78 Å². The van der Waals surface area contributed by atoms with Crippen molar-refractivity contribution in [2.45, 2.75) is 37.0 Å².